The molecule has 1 aromatic carbocycles. The molecule has 23 heavy (non-hydrogen) atoms. The van der Waals surface area contributed by atoms with Gasteiger partial charge in [-0.3, -0.25) is 4.79 Å². The Morgan fingerprint density at radius 2 is 1.70 bits per heavy atom. The van der Waals surface area contributed by atoms with E-state index in [0.29, 0.717) is 5.69 Å². The van der Waals surface area contributed by atoms with Crippen molar-refractivity contribution in [3.63, 3.8) is 0 Å². The van der Waals surface area contributed by atoms with Gasteiger partial charge >= 0.3 is 0 Å². The lowest BCUT2D eigenvalue weighted by molar-refractivity contribution is 0.0787. The first-order valence-corrected chi connectivity index (χ1v) is 7.93. The Morgan fingerprint density at radius 3 is 2.26 bits per heavy atom. The number of carbonyl (C=O) groups excluding carboxylic acids is 1. The molecule has 0 aliphatic carbocycles. The number of nitrogens with zero attached hydrogens (tertiary/aromatic N) is 3. The van der Waals surface area contributed by atoms with Crippen molar-refractivity contribution < 1.29 is 4.79 Å². The third-order valence-corrected chi connectivity index (χ3v) is 4.05. The van der Waals surface area contributed by atoms with Crippen molar-refractivity contribution in [1.29, 1.82) is 0 Å². The molecule has 1 aromatic heterocycles. The van der Waals surface area contributed by atoms with Crippen molar-refractivity contribution in [2.75, 3.05) is 37.4 Å². The molecule has 1 aliphatic heterocycles. The first kappa shape index (κ1) is 15.3. The van der Waals surface area contributed by atoms with Gasteiger partial charge in [0, 0.05) is 38.6 Å². The van der Waals surface area contributed by atoms with E-state index >= 15 is 0 Å². The Labute approximate surface area is 136 Å². The van der Waals surface area contributed by atoms with E-state index in [4.69, 9.17) is 0 Å². The Morgan fingerprint density at radius 1 is 1.04 bits per heavy atom. The summed E-state index contributed by atoms with van der Waals surface area (Å²) in [6.07, 6.45) is 3.89. The summed E-state index contributed by atoms with van der Waals surface area (Å²) >= 11 is 0. The molecule has 1 amide bonds. The zero-order chi connectivity index (χ0) is 16.2. The molecule has 1 N–H and O–H groups in total. The van der Waals surface area contributed by atoms with Gasteiger partial charge in [-0.15, -0.1) is 0 Å². The largest absolute Gasteiger partial charge is 0.378 e. The number of benzene rings is 1. The molecule has 120 valence electrons. The van der Waals surface area contributed by atoms with E-state index in [2.05, 4.69) is 27.3 Å². The van der Waals surface area contributed by atoms with E-state index in [9.17, 15) is 4.79 Å². The molecule has 2 aromatic rings. The van der Waals surface area contributed by atoms with Crippen LogP contribution in [0.2, 0.25) is 0 Å². The van der Waals surface area contributed by atoms with E-state index < -0.39 is 0 Å². The lowest BCUT2D eigenvalue weighted by Crippen LogP contribution is -2.28. The van der Waals surface area contributed by atoms with Gasteiger partial charge < -0.3 is 15.1 Å². The molecule has 5 heteroatoms. The van der Waals surface area contributed by atoms with Crippen molar-refractivity contribution in [3.8, 4) is 0 Å². The predicted molar refractivity (Wildman–Crippen MR) is 93.4 cm³/mol. The van der Waals surface area contributed by atoms with Gasteiger partial charge in [0.05, 0.1) is 11.9 Å². The Balaban J connectivity index is 1.66. The summed E-state index contributed by atoms with van der Waals surface area (Å²) < 4.78 is 0. The summed E-state index contributed by atoms with van der Waals surface area (Å²) in [5.41, 5.74) is 3.54. The third-order valence-electron chi connectivity index (χ3n) is 4.05. The molecule has 2 heterocycles. The molecular weight excluding hydrogens is 288 g/mol. The molecule has 1 fully saturated rings. The van der Waals surface area contributed by atoms with E-state index in [1.807, 2.05) is 37.2 Å². The second-order valence-corrected chi connectivity index (χ2v) is 6.00. The summed E-state index contributed by atoms with van der Waals surface area (Å²) in [6.45, 7) is 1.69. The van der Waals surface area contributed by atoms with Gasteiger partial charge in [-0.1, -0.05) is 0 Å². The van der Waals surface area contributed by atoms with Gasteiger partial charge in [0.15, 0.2) is 0 Å². The molecule has 0 radical (unpaired) electrons. The molecule has 0 spiro atoms. The number of likely N-dealkylation sites (tertiary alicyclic amines) is 1. The monoisotopic (exact) mass is 310 g/mol. The first-order valence-electron chi connectivity index (χ1n) is 7.93. The van der Waals surface area contributed by atoms with Crippen molar-refractivity contribution in [1.82, 2.24) is 9.88 Å². The van der Waals surface area contributed by atoms with Gasteiger partial charge in [0.25, 0.3) is 5.91 Å². The number of hydrogen-bond donors (Lipinski definition) is 1. The maximum Gasteiger partial charge on any atom is 0.272 e. The minimum atomic E-state index is 0.0318. The molecule has 0 atom stereocenters. The average Bonchev–Trinajstić information content (AvgIpc) is 3.10. The van der Waals surface area contributed by atoms with Crippen LogP contribution in [-0.4, -0.2) is 43.0 Å². The van der Waals surface area contributed by atoms with Crippen LogP contribution in [0.1, 0.15) is 23.3 Å². The molecule has 0 saturated carbocycles. The Kier molecular flexibility index (Phi) is 4.46. The number of pyridine rings is 1. The minimum absolute atomic E-state index is 0.0318. The molecule has 1 saturated heterocycles. The van der Waals surface area contributed by atoms with Crippen molar-refractivity contribution in [2.45, 2.75) is 12.8 Å². The fraction of sp³-hybridized carbons (Fsp3) is 0.333. The second kappa shape index (κ2) is 6.69. The van der Waals surface area contributed by atoms with Crippen molar-refractivity contribution in [2.24, 2.45) is 0 Å². The third kappa shape index (κ3) is 3.62. The number of rotatable bonds is 4. The normalized spacial score (nSPS) is 13.9. The van der Waals surface area contributed by atoms with E-state index in [1.54, 1.807) is 12.3 Å². The Hall–Kier alpha value is -2.56. The van der Waals surface area contributed by atoms with E-state index in [1.165, 1.54) is 0 Å². The molecule has 5 nitrogen and oxygen atoms in total. The van der Waals surface area contributed by atoms with Crippen LogP contribution in [0.3, 0.4) is 0 Å². The lowest BCUT2D eigenvalue weighted by Gasteiger charge is -2.15. The number of amides is 1. The van der Waals surface area contributed by atoms with Gasteiger partial charge in [-0.2, -0.15) is 0 Å². The van der Waals surface area contributed by atoms with Gasteiger partial charge in [0.2, 0.25) is 0 Å². The van der Waals surface area contributed by atoms with Gasteiger partial charge in [-0.25, -0.2) is 4.98 Å². The van der Waals surface area contributed by atoms with Crippen LogP contribution < -0.4 is 10.2 Å². The van der Waals surface area contributed by atoms with Crippen LogP contribution >= 0.6 is 0 Å². The van der Waals surface area contributed by atoms with Crippen LogP contribution in [0, 0.1) is 0 Å². The fourth-order valence-corrected chi connectivity index (χ4v) is 2.69. The highest BCUT2D eigenvalue weighted by Crippen LogP contribution is 2.20. The highest BCUT2D eigenvalue weighted by atomic mass is 16.2. The van der Waals surface area contributed by atoms with Crippen LogP contribution in [0.25, 0.3) is 0 Å². The van der Waals surface area contributed by atoms with Crippen molar-refractivity contribution >= 4 is 23.0 Å². The number of nitrogens with one attached hydrogen (secondary N) is 1. The number of aromatic nitrogens is 1. The summed E-state index contributed by atoms with van der Waals surface area (Å²) in [5, 5.41) is 3.30. The van der Waals surface area contributed by atoms with E-state index in [-0.39, 0.29) is 5.91 Å². The first-order chi connectivity index (χ1) is 11.1. The molecule has 3 rings (SSSR count). The molecule has 0 unspecified atom stereocenters. The van der Waals surface area contributed by atoms with Gasteiger partial charge in [0.1, 0.15) is 5.69 Å². The molecule has 0 bridgehead atoms. The van der Waals surface area contributed by atoms with Crippen LogP contribution in [0.4, 0.5) is 17.1 Å². The smallest absolute Gasteiger partial charge is 0.272 e. The predicted octanol–water partition coefficient (Wildman–Crippen LogP) is 3.13. The summed E-state index contributed by atoms with van der Waals surface area (Å²) in [7, 11) is 4.03. The second-order valence-electron chi connectivity index (χ2n) is 6.00. The van der Waals surface area contributed by atoms with Crippen LogP contribution in [0.5, 0.6) is 0 Å². The topological polar surface area (TPSA) is 48.5 Å². The highest BCUT2D eigenvalue weighted by Gasteiger charge is 2.20. The zero-order valence-corrected chi connectivity index (χ0v) is 13.6. The van der Waals surface area contributed by atoms with E-state index in [0.717, 1.165) is 43.0 Å². The average molecular weight is 310 g/mol. The SMILES string of the molecule is CN(C)c1ccc(Nc2ccc(C(=O)N3CCCC3)nc2)cc1. The summed E-state index contributed by atoms with van der Waals surface area (Å²) in [5.74, 6) is 0.0318. The van der Waals surface area contributed by atoms with Gasteiger partial charge in [-0.05, 0) is 49.2 Å². The number of anilines is 3. The maximum atomic E-state index is 12.3. The van der Waals surface area contributed by atoms with Crippen LogP contribution in [0.15, 0.2) is 42.6 Å². The standard InChI is InChI=1S/C18H22N4O/c1-21(2)16-8-5-14(6-9-16)20-15-7-10-17(19-13-15)18(23)22-11-3-4-12-22/h5-10,13,20H,3-4,11-12H2,1-2H3. The fourth-order valence-electron chi connectivity index (χ4n) is 2.69. The lowest BCUT2D eigenvalue weighted by atomic mass is 10.2. The minimum Gasteiger partial charge on any atom is -0.378 e. The quantitative estimate of drug-likeness (QED) is 0.942. The molecular formula is C18H22N4O. The summed E-state index contributed by atoms with van der Waals surface area (Å²) in [4.78, 5) is 20.5. The zero-order valence-electron chi connectivity index (χ0n) is 13.6. The van der Waals surface area contributed by atoms with Crippen molar-refractivity contribution in [3.05, 3.63) is 48.3 Å². The number of carbonyl (C=O) groups is 1. The maximum absolute atomic E-state index is 12.3. The molecule has 1 aliphatic rings. The Bertz CT molecular complexity index is 658. The van der Waals surface area contributed by atoms with Crippen LogP contribution in [-0.2, 0) is 0 Å². The summed E-state index contributed by atoms with van der Waals surface area (Å²) in [6, 6.07) is 11.9. The number of hydrogen-bond acceptors (Lipinski definition) is 4. The highest BCUT2D eigenvalue weighted by molar-refractivity contribution is 5.92.